The minimum atomic E-state index is -0.536. The van der Waals surface area contributed by atoms with Gasteiger partial charge in [0, 0.05) is 17.1 Å². The van der Waals surface area contributed by atoms with Gasteiger partial charge in [0.25, 0.3) is 5.91 Å². The molecule has 0 spiro atoms. The lowest BCUT2D eigenvalue weighted by atomic mass is 10.2. The molecule has 6 heteroatoms. The maximum atomic E-state index is 12.0. The van der Waals surface area contributed by atoms with Crippen molar-refractivity contribution >= 4 is 22.8 Å². The fourth-order valence-corrected chi connectivity index (χ4v) is 2.10. The Morgan fingerprint density at radius 1 is 1.18 bits per heavy atom. The number of carbonyl (C=O) groups excluding carboxylic acids is 2. The molecule has 2 N–H and O–H groups in total. The molecule has 0 saturated carbocycles. The SMILES string of the molecule is O=C(COC(=O)c1c[nH]c2ccccc12)NCc1ccco1. The number of nitrogens with one attached hydrogen (secondary N) is 2. The quantitative estimate of drug-likeness (QED) is 0.707. The minimum Gasteiger partial charge on any atom is -0.467 e. The summed E-state index contributed by atoms with van der Waals surface area (Å²) < 4.78 is 10.1. The molecule has 3 aromatic rings. The number of carbonyl (C=O) groups is 2. The van der Waals surface area contributed by atoms with Crippen LogP contribution in [-0.4, -0.2) is 23.5 Å². The number of rotatable bonds is 5. The van der Waals surface area contributed by atoms with Crippen molar-refractivity contribution in [2.75, 3.05) is 6.61 Å². The van der Waals surface area contributed by atoms with Crippen LogP contribution in [0.4, 0.5) is 0 Å². The number of aromatic amines is 1. The fraction of sp³-hybridized carbons (Fsp3) is 0.125. The highest BCUT2D eigenvalue weighted by atomic mass is 16.5. The van der Waals surface area contributed by atoms with E-state index in [0.29, 0.717) is 11.3 Å². The van der Waals surface area contributed by atoms with Gasteiger partial charge in [0.2, 0.25) is 0 Å². The van der Waals surface area contributed by atoms with Crippen LogP contribution in [0.5, 0.6) is 0 Å². The van der Waals surface area contributed by atoms with E-state index in [9.17, 15) is 9.59 Å². The number of para-hydroxylation sites is 1. The topological polar surface area (TPSA) is 84.3 Å². The van der Waals surface area contributed by atoms with Crippen molar-refractivity contribution in [2.24, 2.45) is 0 Å². The van der Waals surface area contributed by atoms with Crippen molar-refractivity contribution in [3.05, 3.63) is 60.2 Å². The molecule has 22 heavy (non-hydrogen) atoms. The van der Waals surface area contributed by atoms with Crippen LogP contribution in [0, 0.1) is 0 Å². The largest absolute Gasteiger partial charge is 0.467 e. The summed E-state index contributed by atoms with van der Waals surface area (Å²) in [7, 11) is 0. The van der Waals surface area contributed by atoms with E-state index in [2.05, 4.69) is 10.3 Å². The fourth-order valence-electron chi connectivity index (χ4n) is 2.10. The zero-order chi connectivity index (χ0) is 15.4. The van der Waals surface area contributed by atoms with Crippen LogP contribution in [0.1, 0.15) is 16.1 Å². The standard InChI is InChI=1S/C16H14N2O4/c19-15(18-8-11-4-3-7-21-11)10-22-16(20)13-9-17-14-6-2-1-5-12(13)14/h1-7,9,17H,8,10H2,(H,18,19). The maximum Gasteiger partial charge on any atom is 0.340 e. The van der Waals surface area contributed by atoms with E-state index in [1.165, 1.54) is 6.26 Å². The number of H-pyrrole nitrogens is 1. The third-order valence-corrected chi connectivity index (χ3v) is 3.18. The summed E-state index contributed by atoms with van der Waals surface area (Å²) in [5.74, 6) is -0.286. The molecule has 0 saturated heterocycles. The molecule has 1 amide bonds. The van der Waals surface area contributed by atoms with E-state index in [4.69, 9.17) is 9.15 Å². The number of hydrogen-bond acceptors (Lipinski definition) is 4. The second-order valence-electron chi connectivity index (χ2n) is 4.68. The smallest absolute Gasteiger partial charge is 0.340 e. The Labute approximate surface area is 126 Å². The van der Waals surface area contributed by atoms with Crippen molar-refractivity contribution in [3.8, 4) is 0 Å². The van der Waals surface area contributed by atoms with Gasteiger partial charge in [-0.15, -0.1) is 0 Å². The Kier molecular flexibility index (Phi) is 3.91. The van der Waals surface area contributed by atoms with Gasteiger partial charge < -0.3 is 19.5 Å². The predicted molar refractivity (Wildman–Crippen MR) is 79.1 cm³/mol. The summed E-state index contributed by atoms with van der Waals surface area (Å²) in [5, 5.41) is 3.37. The van der Waals surface area contributed by atoms with Crippen molar-refractivity contribution in [3.63, 3.8) is 0 Å². The molecule has 112 valence electrons. The lowest BCUT2D eigenvalue weighted by molar-refractivity contribution is -0.124. The second kappa shape index (κ2) is 6.17. The molecular weight excluding hydrogens is 284 g/mol. The lowest BCUT2D eigenvalue weighted by Crippen LogP contribution is -2.28. The third-order valence-electron chi connectivity index (χ3n) is 3.18. The maximum absolute atomic E-state index is 12.0. The summed E-state index contributed by atoms with van der Waals surface area (Å²) in [5.41, 5.74) is 1.26. The lowest BCUT2D eigenvalue weighted by Gasteiger charge is -2.05. The van der Waals surface area contributed by atoms with Gasteiger partial charge in [-0.3, -0.25) is 4.79 Å². The Bertz CT molecular complexity index is 789. The van der Waals surface area contributed by atoms with E-state index in [0.717, 1.165) is 10.9 Å². The number of amides is 1. The van der Waals surface area contributed by atoms with Crippen molar-refractivity contribution in [1.29, 1.82) is 0 Å². The highest BCUT2D eigenvalue weighted by molar-refractivity contribution is 6.04. The van der Waals surface area contributed by atoms with Gasteiger partial charge >= 0.3 is 5.97 Å². The normalized spacial score (nSPS) is 10.5. The summed E-state index contributed by atoms with van der Waals surface area (Å²) in [6.45, 7) is -0.0739. The molecule has 0 radical (unpaired) electrons. The molecule has 0 aliphatic rings. The number of furan rings is 1. The minimum absolute atomic E-state index is 0.260. The van der Waals surface area contributed by atoms with Crippen LogP contribution in [-0.2, 0) is 16.1 Å². The summed E-state index contributed by atoms with van der Waals surface area (Å²) in [6, 6.07) is 10.9. The molecule has 1 aromatic carbocycles. The van der Waals surface area contributed by atoms with E-state index in [1.54, 1.807) is 18.3 Å². The van der Waals surface area contributed by atoms with Crippen LogP contribution < -0.4 is 5.32 Å². The Hall–Kier alpha value is -3.02. The first-order valence-corrected chi connectivity index (χ1v) is 6.76. The number of fused-ring (bicyclic) bond motifs is 1. The van der Waals surface area contributed by atoms with Crippen LogP contribution in [0.25, 0.3) is 10.9 Å². The second-order valence-corrected chi connectivity index (χ2v) is 4.68. The van der Waals surface area contributed by atoms with Gasteiger partial charge in [0.1, 0.15) is 5.76 Å². The van der Waals surface area contributed by atoms with Crippen LogP contribution in [0.15, 0.2) is 53.3 Å². The molecule has 0 aliphatic carbocycles. The summed E-state index contributed by atoms with van der Waals surface area (Å²) >= 11 is 0. The molecule has 2 aromatic heterocycles. The highest BCUT2D eigenvalue weighted by Crippen LogP contribution is 2.18. The number of hydrogen-bond donors (Lipinski definition) is 2. The van der Waals surface area contributed by atoms with E-state index < -0.39 is 5.97 Å². The average molecular weight is 298 g/mol. The van der Waals surface area contributed by atoms with Gasteiger partial charge in [0.05, 0.1) is 18.4 Å². The van der Waals surface area contributed by atoms with E-state index in [1.807, 2.05) is 24.3 Å². The number of esters is 1. The Balaban J connectivity index is 1.54. The summed E-state index contributed by atoms with van der Waals surface area (Å²) in [6.07, 6.45) is 3.10. The van der Waals surface area contributed by atoms with Crippen LogP contribution in [0.3, 0.4) is 0 Å². The molecule has 6 nitrogen and oxygen atoms in total. The molecule has 0 unspecified atom stereocenters. The van der Waals surface area contributed by atoms with Crippen LogP contribution in [0.2, 0.25) is 0 Å². The van der Waals surface area contributed by atoms with Crippen LogP contribution >= 0.6 is 0 Å². The van der Waals surface area contributed by atoms with E-state index in [-0.39, 0.29) is 19.1 Å². The number of ether oxygens (including phenoxy) is 1. The zero-order valence-corrected chi connectivity index (χ0v) is 11.7. The molecular formula is C16H14N2O4. The predicted octanol–water partition coefficient (Wildman–Crippen LogP) is 2.23. The van der Waals surface area contributed by atoms with Gasteiger partial charge in [-0.1, -0.05) is 18.2 Å². The molecule has 0 aliphatic heterocycles. The Morgan fingerprint density at radius 2 is 2.05 bits per heavy atom. The van der Waals surface area contributed by atoms with Crippen molar-refractivity contribution < 1.29 is 18.7 Å². The number of benzene rings is 1. The number of aromatic nitrogens is 1. The van der Waals surface area contributed by atoms with Gasteiger partial charge in [0.15, 0.2) is 6.61 Å². The molecule has 0 atom stereocenters. The first kappa shape index (κ1) is 13.9. The third kappa shape index (κ3) is 3.01. The molecule has 0 bridgehead atoms. The van der Waals surface area contributed by atoms with E-state index >= 15 is 0 Å². The molecule has 3 rings (SSSR count). The van der Waals surface area contributed by atoms with Crippen molar-refractivity contribution in [1.82, 2.24) is 10.3 Å². The first-order chi connectivity index (χ1) is 10.7. The first-order valence-electron chi connectivity index (χ1n) is 6.76. The molecule has 0 fully saturated rings. The highest BCUT2D eigenvalue weighted by Gasteiger charge is 2.14. The Morgan fingerprint density at radius 3 is 2.86 bits per heavy atom. The van der Waals surface area contributed by atoms with Gasteiger partial charge in [-0.2, -0.15) is 0 Å². The average Bonchev–Trinajstić information content (AvgIpc) is 3.19. The molecule has 2 heterocycles. The zero-order valence-electron chi connectivity index (χ0n) is 11.7. The summed E-state index contributed by atoms with van der Waals surface area (Å²) in [4.78, 5) is 26.6. The van der Waals surface area contributed by atoms with Gasteiger partial charge in [-0.05, 0) is 18.2 Å². The monoisotopic (exact) mass is 298 g/mol. The van der Waals surface area contributed by atoms with Gasteiger partial charge in [-0.25, -0.2) is 4.79 Å². The van der Waals surface area contributed by atoms with Crippen molar-refractivity contribution in [2.45, 2.75) is 6.54 Å².